The Morgan fingerprint density at radius 1 is 1.43 bits per heavy atom. The Balaban J connectivity index is 1.74. The van der Waals surface area contributed by atoms with E-state index in [0.717, 1.165) is 37.1 Å². The second-order valence-corrected chi connectivity index (χ2v) is 7.78. The SMILES string of the molecule is [2H]C([2H])([2H])N(C(=O)/C(=C/OC)[C@H]1C[C@@H]2c3[nH]c4ccccc4c3CCN2C[C@H]1CC)C([2H])([2H])[2H]. The van der Waals surface area contributed by atoms with Gasteiger partial charge in [0.15, 0.2) is 0 Å². The molecule has 1 aromatic carbocycles. The molecular weight excluding hydrogens is 350 g/mol. The highest BCUT2D eigenvalue weighted by atomic mass is 16.5. The molecule has 0 aliphatic carbocycles. The van der Waals surface area contributed by atoms with Gasteiger partial charge in [0, 0.05) is 51.9 Å². The Bertz CT molecular complexity index is 1080. The number of rotatable bonds is 4. The van der Waals surface area contributed by atoms with Crippen LogP contribution in [0.1, 0.15) is 45.3 Å². The number of hydrogen-bond donors (Lipinski definition) is 1. The number of carbonyl (C=O) groups excluding carboxylic acids is 1. The number of benzene rings is 1. The van der Waals surface area contributed by atoms with Crippen molar-refractivity contribution in [1.29, 1.82) is 0 Å². The summed E-state index contributed by atoms with van der Waals surface area (Å²) >= 11 is 0. The van der Waals surface area contributed by atoms with Gasteiger partial charge in [-0.3, -0.25) is 9.69 Å². The molecule has 1 N–H and O–H groups in total. The lowest BCUT2D eigenvalue weighted by molar-refractivity contribution is -0.126. The van der Waals surface area contributed by atoms with Crippen molar-refractivity contribution in [3.8, 4) is 0 Å². The van der Waals surface area contributed by atoms with Crippen LogP contribution in [0, 0.1) is 11.8 Å². The van der Waals surface area contributed by atoms with Gasteiger partial charge in [-0.1, -0.05) is 31.5 Å². The molecule has 150 valence electrons. The Kier molecular flexibility index (Phi) is 3.55. The van der Waals surface area contributed by atoms with Gasteiger partial charge in [-0.05, 0) is 36.3 Å². The molecule has 2 aliphatic rings. The average Bonchev–Trinajstić information content (AvgIpc) is 3.13. The van der Waals surface area contributed by atoms with Gasteiger partial charge in [0.25, 0.3) is 5.91 Å². The van der Waals surface area contributed by atoms with Crippen molar-refractivity contribution in [2.24, 2.45) is 11.8 Å². The number of ether oxygens (including phenoxy) is 1. The molecule has 1 amide bonds. The van der Waals surface area contributed by atoms with Crippen LogP contribution in [-0.2, 0) is 16.0 Å². The van der Waals surface area contributed by atoms with Gasteiger partial charge in [0.05, 0.1) is 25.0 Å². The summed E-state index contributed by atoms with van der Waals surface area (Å²) in [4.78, 5) is 19.5. The van der Waals surface area contributed by atoms with E-state index >= 15 is 0 Å². The molecule has 0 unspecified atom stereocenters. The number of piperidine rings is 1. The van der Waals surface area contributed by atoms with Crippen molar-refractivity contribution < 1.29 is 17.8 Å². The zero-order valence-corrected chi connectivity index (χ0v) is 16.4. The van der Waals surface area contributed by atoms with Crippen LogP contribution in [0.5, 0.6) is 0 Å². The van der Waals surface area contributed by atoms with Crippen LogP contribution in [0.2, 0.25) is 0 Å². The van der Waals surface area contributed by atoms with E-state index in [2.05, 4.69) is 22.0 Å². The van der Waals surface area contributed by atoms with Crippen molar-refractivity contribution >= 4 is 16.8 Å². The van der Waals surface area contributed by atoms with Crippen LogP contribution >= 0.6 is 0 Å². The van der Waals surface area contributed by atoms with Gasteiger partial charge < -0.3 is 14.6 Å². The van der Waals surface area contributed by atoms with Crippen LogP contribution in [0.25, 0.3) is 10.9 Å². The zero-order valence-electron chi connectivity index (χ0n) is 22.4. The van der Waals surface area contributed by atoms with E-state index in [-0.39, 0.29) is 28.4 Å². The van der Waals surface area contributed by atoms with E-state index in [4.69, 9.17) is 13.0 Å². The number of carbonyl (C=O) groups is 1. The number of likely N-dealkylation sites (N-methyl/N-ethyl adjacent to an activating group) is 1. The number of methoxy groups -OCH3 is 1. The molecule has 1 saturated heterocycles. The summed E-state index contributed by atoms with van der Waals surface area (Å²) in [6, 6.07) is 8.20. The molecule has 2 aliphatic heterocycles. The molecule has 5 heteroatoms. The number of H-pyrrole nitrogens is 1. The molecule has 2 aromatic rings. The number of amides is 1. The molecule has 28 heavy (non-hydrogen) atoms. The van der Waals surface area contributed by atoms with E-state index in [1.807, 2.05) is 19.1 Å². The van der Waals surface area contributed by atoms with Crippen molar-refractivity contribution in [3.05, 3.63) is 47.4 Å². The van der Waals surface area contributed by atoms with Gasteiger partial charge >= 0.3 is 0 Å². The van der Waals surface area contributed by atoms with Crippen molar-refractivity contribution in [2.45, 2.75) is 32.2 Å². The molecule has 4 rings (SSSR count). The van der Waals surface area contributed by atoms with E-state index < -0.39 is 19.9 Å². The number of fused-ring (bicyclic) bond motifs is 5. The predicted octanol–water partition coefficient (Wildman–Crippen LogP) is 3.73. The maximum absolute atomic E-state index is 13.5. The second kappa shape index (κ2) is 7.63. The summed E-state index contributed by atoms with van der Waals surface area (Å²) in [5.74, 6) is -1.31. The Morgan fingerprint density at radius 3 is 3.00 bits per heavy atom. The summed E-state index contributed by atoms with van der Waals surface area (Å²) in [5.41, 5.74) is 3.58. The maximum Gasteiger partial charge on any atom is 0.252 e. The van der Waals surface area contributed by atoms with Crippen molar-refractivity contribution in [3.63, 3.8) is 0 Å². The fourth-order valence-corrected chi connectivity index (χ4v) is 5.06. The molecule has 3 atom stereocenters. The highest BCUT2D eigenvalue weighted by molar-refractivity contribution is 5.93. The van der Waals surface area contributed by atoms with Gasteiger partial charge in [-0.25, -0.2) is 0 Å². The molecule has 0 spiro atoms. The fraction of sp³-hybridized carbons (Fsp3) is 0.522. The van der Waals surface area contributed by atoms with Crippen LogP contribution in [0.15, 0.2) is 36.1 Å². The minimum absolute atomic E-state index is 0.0194. The first-order chi connectivity index (χ1) is 16.0. The van der Waals surface area contributed by atoms with E-state index in [1.54, 1.807) is 0 Å². The highest BCUT2D eigenvalue weighted by Crippen LogP contribution is 2.45. The van der Waals surface area contributed by atoms with Gasteiger partial charge in [0.1, 0.15) is 0 Å². The van der Waals surface area contributed by atoms with Crippen LogP contribution in [-0.4, -0.2) is 54.8 Å². The number of nitrogens with one attached hydrogen (secondary N) is 1. The Hall–Kier alpha value is -2.27. The molecule has 0 saturated carbocycles. The standard InChI is InChI=1S/C23H31N3O2/c1-5-15-13-26-11-10-17-16-8-6-7-9-20(16)24-22(17)21(26)12-18(15)19(14-28-4)23(27)25(2)3/h6-9,14-15,18,21,24H,5,10-13H2,1-4H3/b19-14+/t15-,18+,21-/m1/s1/i2D3,3D3. The minimum Gasteiger partial charge on any atom is -0.504 e. The smallest absolute Gasteiger partial charge is 0.252 e. The van der Waals surface area contributed by atoms with Crippen molar-refractivity contribution in [2.75, 3.05) is 34.2 Å². The van der Waals surface area contributed by atoms with Gasteiger partial charge in [-0.2, -0.15) is 0 Å². The predicted molar refractivity (Wildman–Crippen MR) is 112 cm³/mol. The Morgan fingerprint density at radius 2 is 2.25 bits per heavy atom. The van der Waals surface area contributed by atoms with Gasteiger partial charge in [-0.15, -0.1) is 0 Å². The number of para-hydroxylation sites is 1. The molecule has 0 bridgehead atoms. The highest BCUT2D eigenvalue weighted by Gasteiger charge is 2.42. The average molecular weight is 388 g/mol. The number of aromatic amines is 1. The molecule has 5 nitrogen and oxygen atoms in total. The quantitative estimate of drug-likeness (QED) is 0.642. The third kappa shape index (κ3) is 3.12. The minimum atomic E-state index is -3.10. The summed E-state index contributed by atoms with van der Waals surface area (Å²) < 4.78 is 51.5. The first kappa shape index (κ1) is 13.0. The number of nitrogens with zero attached hydrogens (tertiary/aromatic N) is 2. The lowest BCUT2D eigenvalue weighted by Crippen LogP contribution is -2.47. The molecule has 1 fully saturated rings. The third-order valence-electron chi connectivity index (χ3n) is 6.40. The summed E-state index contributed by atoms with van der Waals surface area (Å²) in [6.07, 6.45) is 3.51. The molecule has 0 radical (unpaired) electrons. The zero-order chi connectivity index (χ0) is 24.8. The monoisotopic (exact) mass is 387 g/mol. The second-order valence-electron chi connectivity index (χ2n) is 7.78. The maximum atomic E-state index is 13.5. The molecule has 1 aromatic heterocycles. The fourth-order valence-electron chi connectivity index (χ4n) is 5.06. The largest absolute Gasteiger partial charge is 0.504 e. The lowest BCUT2D eigenvalue weighted by Gasteiger charge is -2.46. The summed E-state index contributed by atoms with van der Waals surface area (Å²) in [5, 5.41) is 1.20. The first-order valence-electron chi connectivity index (χ1n) is 12.9. The third-order valence-corrected chi connectivity index (χ3v) is 6.40. The first-order valence-corrected chi connectivity index (χ1v) is 9.88. The summed E-state index contributed by atoms with van der Waals surface area (Å²) in [7, 11) is 1.38. The van der Waals surface area contributed by atoms with E-state index in [1.165, 1.54) is 24.3 Å². The van der Waals surface area contributed by atoms with Crippen LogP contribution in [0.3, 0.4) is 0 Å². The van der Waals surface area contributed by atoms with E-state index in [0.29, 0.717) is 6.42 Å². The normalized spacial score (nSPS) is 29.4. The van der Waals surface area contributed by atoms with Crippen molar-refractivity contribution in [1.82, 2.24) is 14.8 Å². The number of hydrogen-bond acceptors (Lipinski definition) is 3. The summed E-state index contributed by atoms with van der Waals surface area (Å²) in [6.45, 7) is -2.54. The van der Waals surface area contributed by atoms with Crippen LogP contribution < -0.4 is 0 Å². The topological polar surface area (TPSA) is 48.6 Å². The number of aromatic nitrogens is 1. The molecule has 3 heterocycles. The Labute approximate surface area is 175 Å². The lowest BCUT2D eigenvalue weighted by atomic mass is 9.73. The van der Waals surface area contributed by atoms with Gasteiger partial charge in [0.2, 0.25) is 0 Å². The van der Waals surface area contributed by atoms with Crippen LogP contribution in [0.4, 0.5) is 0 Å². The molecular formula is C23H31N3O2. The van der Waals surface area contributed by atoms with E-state index in [9.17, 15) is 4.79 Å².